The van der Waals surface area contributed by atoms with Crippen molar-refractivity contribution in [2.75, 3.05) is 27.4 Å². The van der Waals surface area contributed by atoms with Crippen molar-refractivity contribution in [1.82, 2.24) is 10.6 Å². The van der Waals surface area contributed by atoms with E-state index in [1.807, 2.05) is 6.92 Å². The Morgan fingerprint density at radius 1 is 1.21 bits per heavy atom. The summed E-state index contributed by atoms with van der Waals surface area (Å²) >= 11 is 0. The van der Waals surface area contributed by atoms with Crippen LogP contribution in [0.5, 0.6) is 0 Å². The van der Waals surface area contributed by atoms with Crippen LogP contribution in [-0.2, 0) is 28.6 Å². The number of alkyl carbamates (subject to hydrolysis) is 1. The summed E-state index contributed by atoms with van der Waals surface area (Å²) in [6.45, 7) is 2.05. The van der Waals surface area contributed by atoms with Gasteiger partial charge in [0.25, 0.3) is 0 Å². The maximum atomic E-state index is 12.3. The second kappa shape index (κ2) is 13.0. The Bertz CT molecular complexity index is 870. The maximum absolute atomic E-state index is 12.3. The van der Waals surface area contributed by atoms with Gasteiger partial charge < -0.3 is 29.7 Å². The van der Waals surface area contributed by atoms with Crippen LogP contribution in [0.15, 0.2) is 29.4 Å². The second-order valence-electron chi connectivity index (χ2n) is 7.30. The zero-order valence-electron chi connectivity index (χ0n) is 19.0. The molecule has 2 amide bonds. The number of amides is 2. The van der Waals surface area contributed by atoms with Crippen molar-refractivity contribution < 1.29 is 33.4 Å². The van der Waals surface area contributed by atoms with Gasteiger partial charge in [-0.15, -0.1) is 0 Å². The molecule has 0 bridgehead atoms. The fourth-order valence-electron chi connectivity index (χ4n) is 2.96. The Labute approximate surface area is 192 Å². The van der Waals surface area contributed by atoms with E-state index in [4.69, 9.17) is 19.7 Å². The molecule has 11 nitrogen and oxygen atoms in total. The number of nitrogens with one attached hydrogen (secondary N) is 3. The predicted octanol–water partition coefficient (Wildman–Crippen LogP) is 1.73. The third kappa shape index (κ3) is 8.09. The van der Waals surface area contributed by atoms with Gasteiger partial charge in [-0.05, 0) is 24.1 Å². The minimum atomic E-state index is -1.08. The Morgan fingerprint density at radius 3 is 2.58 bits per heavy atom. The third-order valence-corrected chi connectivity index (χ3v) is 4.84. The van der Waals surface area contributed by atoms with Gasteiger partial charge >= 0.3 is 12.1 Å². The van der Waals surface area contributed by atoms with Gasteiger partial charge in [-0.3, -0.25) is 10.2 Å². The first-order valence-corrected chi connectivity index (χ1v) is 10.6. The molecule has 0 aliphatic carbocycles. The zero-order chi connectivity index (χ0) is 24.2. The highest BCUT2D eigenvalue weighted by atomic mass is 16.6. The average Bonchev–Trinajstić information content (AvgIpc) is 3.29. The Balaban J connectivity index is 1.80. The van der Waals surface area contributed by atoms with E-state index in [2.05, 4.69) is 20.5 Å². The maximum Gasteiger partial charge on any atom is 0.407 e. The SMILES string of the molecule is CCCCOC(=O)N[C@H](CNC(=O)C[C@H]1CC(c2ccc(C(=N)OC)cc2)=NO1)C(=O)OC. The van der Waals surface area contributed by atoms with Gasteiger partial charge in [-0.25, -0.2) is 9.59 Å². The number of benzene rings is 1. The summed E-state index contributed by atoms with van der Waals surface area (Å²) in [5.41, 5.74) is 2.15. The van der Waals surface area contributed by atoms with E-state index in [1.54, 1.807) is 24.3 Å². The molecule has 11 heteroatoms. The number of ether oxygens (including phenoxy) is 3. The Morgan fingerprint density at radius 2 is 1.94 bits per heavy atom. The number of carbonyl (C=O) groups is 3. The number of hydrogen-bond acceptors (Lipinski definition) is 9. The number of methoxy groups -OCH3 is 2. The monoisotopic (exact) mass is 462 g/mol. The lowest BCUT2D eigenvalue weighted by Gasteiger charge is -2.17. The summed E-state index contributed by atoms with van der Waals surface area (Å²) in [6.07, 6.45) is 0.810. The molecule has 0 spiro atoms. The number of carbonyl (C=O) groups excluding carboxylic acids is 3. The zero-order valence-corrected chi connectivity index (χ0v) is 19.0. The van der Waals surface area contributed by atoms with Crippen LogP contribution in [0.2, 0.25) is 0 Å². The van der Waals surface area contributed by atoms with Crippen LogP contribution in [0.4, 0.5) is 4.79 Å². The molecule has 0 aromatic heterocycles. The standard InChI is InChI=1S/C22H30N4O7/c1-4-5-10-32-22(29)25-18(21(28)31-3)13-24-19(27)12-16-11-17(26-33-16)14-6-8-15(9-7-14)20(23)30-2/h6-9,16,18,23H,4-5,10-13H2,1-3H3,(H,24,27)(H,25,29)/t16-,18-/m1/s1. The van der Waals surface area contributed by atoms with Crippen molar-refractivity contribution in [3.8, 4) is 0 Å². The van der Waals surface area contributed by atoms with Crippen molar-refractivity contribution in [2.45, 2.75) is 44.8 Å². The molecule has 1 aliphatic rings. The average molecular weight is 463 g/mol. The molecule has 0 saturated heterocycles. The first-order chi connectivity index (χ1) is 15.9. The van der Waals surface area contributed by atoms with E-state index in [0.717, 1.165) is 12.0 Å². The van der Waals surface area contributed by atoms with Crippen molar-refractivity contribution >= 4 is 29.6 Å². The van der Waals surface area contributed by atoms with Gasteiger partial charge in [0.2, 0.25) is 11.8 Å². The summed E-state index contributed by atoms with van der Waals surface area (Å²) in [7, 11) is 2.63. The van der Waals surface area contributed by atoms with Crippen LogP contribution in [0.1, 0.15) is 43.7 Å². The molecule has 0 fully saturated rings. The number of rotatable bonds is 11. The largest absolute Gasteiger partial charge is 0.481 e. The van der Waals surface area contributed by atoms with Crippen molar-refractivity contribution in [3.05, 3.63) is 35.4 Å². The lowest BCUT2D eigenvalue weighted by molar-refractivity contribution is -0.143. The first-order valence-electron chi connectivity index (χ1n) is 10.6. The molecule has 0 unspecified atom stereocenters. The Kier molecular flexibility index (Phi) is 10.1. The molecule has 0 saturated carbocycles. The van der Waals surface area contributed by atoms with Gasteiger partial charge in [-0.2, -0.15) is 0 Å². The molecule has 180 valence electrons. The van der Waals surface area contributed by atoms with Crippen LogP contribution >= 0.6 is 0 Å². The summed E-state index contributed by atoms with van der Waals surface area (Å²) < 4.78 is 14.5. The van der Waals surface area contributed by atoms with Crippen LogP contribution in [0, 0.1) is 5.41 Å². The molecule has 1 aliphatic heterocycles. The van der Waals surface area contributed by atoms with Crippen molar-refractivity contribution in [2.24, 2.45) is 5.16 Å². The fraction of sp³-hybridized carbons (Fsp3) is 0.500. The smallest absolute Gasteiger partial charge is 0.407 e. The Hall–Kier alpha value is -3.63. The quantitative estimate of drug-likeness (QED) is 0.196. The van der Waals surface area contributed by atoms with Crippen molar-refractivity contribution in [3.63, 3.8) is 0 Å². The van der Waals surface area contributed by atoms with Crippen LogP contribution in [0.25, 0.3) is 0 Å². The predicted molar refractivity (Wildman–Crippen MR) is 119 cm³/mol. The summed E-state index contributed by atoms with van der Waals surface area (Å²) in [5.74, 6) is -0.999. The molecule has 0 radical (unpaired) electrons. The molecule has 1 aromatic carbocycles. The number of nitrogens with zero attached hydrogens (tertiary/aromatic N) is 1. The number of esters is 1. The van der Waals surface area contributed by atoms with E-state index >= 15 is 0 Å². The van der Waals surface area contributed by atoms with Crippen LogP contribution < -0.4 is 10.6 Å². The van der Waals surface area contributed by atoms with Gasteiger partial charge in [0.1, 0.15) is 12.1 Å². The van der Waals surface area contributed by atoms with Crippen LogP contribution in [0.3, 0.4) is 0 Å². The van der Waals surface area contributed by atoms with Crippen molar-refractivity contribution in [1.29, 1.82) is 5.41 Å². The summed E-state index contributed by atoms with van der Waals surface area (Å²) in [5, 5.41) is 16.7. The number of oxime groups is 1. The lowest BCUT2D eigenvalue weighted by atomic mass is 10.0. The fourth-order valence-corrected chi connectivity index (χ4v) is 2.96. The topological polar surface area (TPSA) is 148 Å². The second-order valence-corrected chi connectivity index (χ2v) is 7.30. The number of unbranched alkanes of at least 4 members (excludes halogenated alkanes) is 1. The normalized spacial score (nSPS) is 15.5. The minimum absolute atomic E-state index is 0.0221. The molecule has 33 heavy (non-hydrogen) atoms. The van der Waals surface area contributed by atoms with E-state index < -0.39 is 24.2 Å². The third-order valence-electron chi connectivity index (χ3n) is 4.84. The highest BCUT2D eigenvalue weighted by Crippen LogP contribution is 2.19. The van der Waals surface area contributed by atoms with E-state index in [-0.39, 0.29) is 31.4 Å². The van der Waals surface area contributed by atoms with Gasteiger partial charge in [0, 0.05) is 18.5 Å². The first kappa shape index (κ1) is 25.6. The van der Waals surface area contributed by atoms with Gasteiger partial charge in [0.05, 0.1) is 33.0 Å². The minimum Gasteiger partial charge on any atom is -0.481 e. The molecule has 3 N–H and O–H groups in total. The highest BCUT2D eigenvalue weighted by Gasteiger charge is 2.27. The van der Waals surface area contributed by atoms with E-state index in [1.165, 1.54) is 14.2 Å². The van der Waals surface area contributed by atoms with Gasteiger partial charge in [0.15, 0.2) is 0 Å². The van der Waals surface area contributed by atoms with E-state index in [9.17, 15) is 14.4 Å². The molecule has 2 atom stereocenters. The molecule has 2 rings (SSSR count). The summed E-state index contributed by atoms with van der Waals surface area (Å²) in [4.78, 5) is 41.4. The molecule has 1 heterocycles. The lowest BCUT2D eigenvalue weighted by Crippen LogP contribution is -2.49. The highest BCUT2D eigenvalue weighted by molar-refractivity contribution is 6.02. The van der Waals surface area contributed by atoms with Gasteiger partial charge in [-0.1, -0.05) is 30.6 Å². The molecular formula is C22H30N4O7. The van der Waals surface area contributed by atoms with Crippen LogP contribution in [-0.4, -0.2) is 69.1 Å². The number of hydrogen-bond donors (Lipinski definition) is 3. The summed E-state index contributed by atoms with van der Waals surface area (Å²) in [6, 6.07) is 6.03. The van der Waals surface area contributed by atoms with E-state index in [0.29, 0.717) is 24.1 Å². The molecular weight excluding hydrogens is 432 g/mol. The molecule has 1 aromatic rings.